The highest BCUT2D eigenvalue weighted by atomic mass is 16.5. The van der Waals surface area contributed by atoms with Crippen LogP contribution in [0.25, 0.3) is 0 Å². The van der Waals surface area contributed by atoms with Crippen LogP contribution in [0.4, 0.5) is 0 Å². The van der Waals surface area contributed by atoms with Gasteiger partial charge in [0, 0.05) is 58.1 Å². The lowest BCUT2D eigenvalue weighted by atomic mass is 9.91. The second kappa shape index (κ2) is 10.7. The molecule has 3 aliphatic rings. The van der Waals surface area contributed by atoms with Crippen molar-refractivity contribution < 1.29 is 4.74 Å². The lowest BCUT2D eigenvalue weighted by molar-refractivity contribution is -0.00341. The number of piperidine rings is 2. The number of piperazine rings is 1. The van der Waals surface area contributed by atoms with E-state index in [-0.39, 0.29) is 0 Å². The molecule has 0 saturated carbocycles. The monoisotopic (exact) mass is 386 g/mol. The van der Waals surface area contributed by atoms with Gasteiger partial charge in [-0.3, -0.25) is 14.8 Å². The van der Waals surface area contributed by atoms with Crippen molar-refractivity contribution in [3.63, 3.8) is 0 Å². The second-order valence-corrected chi connectivity index (χ2v) is 8.98. The fourth-order valence-corrected chi connectivity index (χ4v) is 5.15. The Balaban J connectivity index is 1.10. The molecule has 0 radical (unpaired) electrons. The topological polar surface area (TPSA) is 31.8 Å². The predicted octanol–water partition coefficient (Wildman–Crippen LogP) is 2.87. The number of pyridine rings is 1. The zero-order valence-electron chi connectivity index (χ0n) is 17.5. The van der Waals surface area contributed by atoms with Crippen LogP contribution in [0.1, 0.15) is 44.2 Å². The smallest absolute Gasteiger partial charge is 0.0543 e. The molecule has 0 aliphatic carbocycles. The molecular formula is C23H38N4O. The van der Waals surface area contributed by atoms with Crippen LogP contribution < -0.4 is 0 Å². The quantitative estimate of drug-likeness (QED) is 0.642. The highest BCUT2D eigenvalue weighted by molar-refractivity contribution is 5.04. The highest BCUT2D eigenvalue weighted by Crippen LogP contribution is 2.26. The number of hydrogen-bond acceptors (Lipinski definition) is 5. The maximum Gasteiger partial charge on any atom is 0.0543 e. The van der Waals surface area contributed by atoms with Crippen LogP contribution in [0, 0.1) is 5.92 Å². The zero-order chi connectivity index (χ0) is 19.0. The van der Waals surface area contributed by atoms with E-state index in [1.165, 1.54) is 83.5 Å². The van der Waals surface area contributed by atoms with Crippen molar-refractivity contribution in [1.29, 1.82) is 0 Å². The van der Waals surface area contributed by atoms with E-state index in [2.05, 4.69) is 31.8 Å². The molecule has 1 aromatic rings. The van der Waals surface area contributed by atoms with Gasteiger partial charge in [-0.1, -0.05) is 12.5 Å². The van der Waals surface area contributed by atoms with Gasteiger partial charge in [0.1, 0.15) is 0 Å². The molecule has 156 valence electrons. The first-order valence-electron chi connectivity index (χ1n) is 11.5. The molecule has 0 aromatic carbocycles. The van der Waals surface area contributed by atoms with Gasteiger partial charge < -0.3 is 9.64 Å². The summed E-state index contributed by atoms with van der Waals surface area (Å²) in [5.74, 6) is 0.730. The Morgan fingerprint density at radius 1 is 0.964 bits per heavy atom. The number of nitrogens with zero attached hydrogens (tertiary/aromatic N) is 4. The first-order chi connectivity index (χ1) is 13.9. The molecule has 0 bridgehead atoms. The molecule has 28 heavy (non-hydrogen) atoms. The van der Waals surface area contributed by atoms with Crippen LogP contribution >= 0.6 is 0 Å². The van der Waals surface area contributed by atoms with Gasteiger partial charge in [0.25, 0.3) is 0 Å². The third-order valence-electron chi connectivity index (χ3n) is 6.77. The Labute approximate surface area is 171 Å². The van der Waals surface area contributed by atoms with E-state index in [0.29, 0.717) is 0 Å². The Morgan fingerprint density at radius 2 is 1.89 bits per heavy atom. The number of fused-ring (bicyclic) bond motifs is 1. The largest absolute Gasteiger partial charge is 0.381 e. The molecule has 3 fully saturated rings. The normalized spacial score (nSPS) is 27.6. The number of rotatable bonds is 8. The van der Waals surface area contributed by atoms with Crippen molar-refractivity contribution in [2.45, 2.75) is 51.1 Å². The molecule has 3 aliphatic heterocycles. The maximum absolute atomic E-state index is 6.07. The second-order valence-electron chi connectivity index (χ2n) is 8.98. The van der Waals surface area contributed by atoms with E-state index in [9.17, 15) is 0 Å². The fourth-order valence-electron chi connectivity index (χ4n) is 5.15. The maximum atomic E-state index is 6.07. The molecule has 3 saturated heterocycles. The molecule has 5 heteroatoms. The van der Waals surface area contributed by atoms with Crippen LogP contribution in [0.15, 0.2) is 24.4 Å². The molecule has 2 atom stereocenters. The van der Waals surface area contributed by atoms with Gasteiger partial charge in [0.2, 0.25) is 0 Å². The first kappa shape index (κ1) is 20.3. The zero-order valence-corrected chi connectivity index (χ0v) is 17.5. The summed E-state index contributed by atoms with van der Waals surface area (Å²) in [6.45, 7) is 11.5. The van der Waals surface area contributed by atoms with Crippen LogP contribution in [0.2, 0.25) is 0 Å². The molecule has 4 heterocycles. The van der Waals surface area contributed by atoms with Gasteiger partial charge in [-0.15, -0.1) is 0 Å². The van der Waals surface area contributed by atoms with E-state index in [1.807, 2.05) is 12.3 Å². The van der Waals surface area contributed by atoms with Gasteiger partial charge in [0.05, 0.1) is 12.3 Å². The van der Waals surface area contributed by atoms with E-state index in [1.54, 1.807) is 0 Å². The van der Waals surface area contributed by atoms with Gasteiger partial charge in [-0.25, -0.2) is 0 Å². The van der Waals surface area contributed by atoms with E-state index in [4.69, 9.17) is 4.74 Å². The minimum absolute atomic E-state index is 0.729. The van der Waals surface area contributed by atoms with E-state index >= 15 is 0 Å². The lowest BCUT2D eigenvalue weighted by Gasteiger charge is -2.46. The number of aromatic nitrogens is 1. The summed E-state index contributed by atoms with van der Waals surface area (Å²) in [4.78, 5) is 12.4. The lowest BCUT2D eigenvalue weighted by Crippen LogP contribution is -2.56. The van der Waals surface area contributed by atoms with Gasteiger partial charge >= 0.3 is 0 Å². The molecule has 4 rings (SSSR count). The number of hydrogen-bond donors (Lipinski definition) is 0. The third-order valence-corrected chi connectivity index (χ3v) is 6.77. The van der Waals surface area contributed by atoms with Crippen molar-refractivity contribution in [1.82, 2.24) is 19.7 Å². The van der Waals surface area contributed by atoms with Gasteiger partial charge in [0.15, 0.2) is 0 Å². The summed E-state index contributed by atoms with van der Waals surface area (Å²) >= 11 is 0. The average Bonchev–Trinajstić information content (AvgIpc) is 2.75. The van der Waals surface area contributed by atoms with Crippen LogP contribution in [0.5, 0.6) is 0 Å². The fraction of sp³-hybridized carbons (Fsp3) is 0.783. The molecule has 0 spiro atoms. The predicted molar refractivity (Wildman–Crippen MR) is 113 cm³/mol. The van der Waals surface area contributed by atoms with Crippen molar-refractivity contribution in [2.75, 3.05) is 59.0 Å². The van der Waals surface area contributed by atoms with Crippen molar-refractivity contribution in [2.24, 2.45) is 5.92 Å². The van der Waals surface area contributed by atoms with Gasteiger partial charge in [-0.05, 0) is 63.2 Å². The highest BCUT2D eigenvalue weighted by Gasteiger charge is 2.32. The molecule has 0 N–H and O–H groups in total. The Kier molecular flexibility index (Phi) is 7.73. The van der Waals surface area contributed by atoms with Crippen LogP contribution in [-0.4, -0.2) is 84.8 Å². The van der Waals surface area contributed by atoms with Crippen LogP contribution in [-0.2, 0) is 11.3 Å². The van der Waals surface area contributed by atoms with Crippen molar-refractivity contribution in [3.8, 4) is 0 Å². The average molecular weight is 387 g/mol. The van der Waals surface area contributed by atoms with Crippen LogP contribution in [0.3, 0.4) is 0 Å². The van der Waals surface area contributed by atoms with E-state index < -0.39 is 0 Å². The Hall–Kier alpha value is -1.01. The third kappa shape index (κ3) is 5.99. The first-order valence-corrected chi connectivity index (χ1v) is 11.5. The number of likely N-dealkylation sites (tertiary alicyclic amines) is 1. The summed E-state index contributed by atoms with van der Waals surface area (Å²) in [7, 11) is 0. The Morgan fingerprint density at radius 3 is 2.75 bits per heavy atom. The molecule has 0 amide bonds. The van der Waals surface area contributed by atoms with E-state index in [0.717, 1.165) is 38.3 Å². The summed E-state index contributed by atoms with van der Waals surface area (Å²) < 4.78 is 6.07. The van der Waals surface area contributed by atoms with Crippen molar-refractivity contribution >= 4 is 0 Å². The Bertz CT molecular complexity index is 563. The summed E-state index contributed by atoms with van der Waals surface area (Å²) in [6, 6.07) is 6.97. The number of ether oxygens (including phenoxy) is 1. The molecular weight excluding hydrogens is 348 g/mol. The minimum Gasteiger partial charge on any atom is -0.381 e. The standard InChI is InChI=1S/C23H38N4O/c1-4-11-25(12-5-1)13-6-16-28-20-21-8-9-23-19-26(14-15-27(23)17-21)18-22-7-2-3-10-24-22/h2-3,7,10,21,23H,1,4-6,8-9,11-20H2/t21-,23+/m1/s1. The molecule has 0 unspecified atom stereocenters. The van der Waals surface area contributed by atoms with Gasteiger partial charge in [-0.2, -0.15) is 0 Å². The molecule has 5 nitrogen and oxygen atoms in total. The summed E-state index contributed by atoms with van der Waals surface area (Å²) in [6.07, 6.45) is 9.95. The summed E-state index contributed by atoms with van der Waals surface area (Å²) in [5.41, 5.74) is 1.20. The summed E-state index contributed by atoms with van der Waals surface area (Å²) in [5, 5.41) is 0. The molecule has 1 aromatic heterocycles. The minimum atomic E-state index is 0.729. The van der Waals surface area contributed by atoms with Crippen molar-refractivity contribution in [3.05, 3.63) is 30.1 Å². The SMILES string of the molecule is c1ccc(CN2CCN3C[C@H](COCCCN4CCCCC4)CC[C@H]3C2)nc1.